The Kier molecular flexibility index (Phi) is 9.73. The molecule has 0 radical (unpaired) electrons. The van der Waals surface area contributed by atoms with Crippen LogP contribution in [0.3, 0.4) is 0 Å². The maximum absolute atomic E-state index is 12.4. The van der Waals surface area contributed by atoms with Gasteiger partial charge in [0.25, 0.3) is 0 Å². The number of carbonyl (C=O) groups excluding carboxylic acids is 1. The molecule has 1 fully saturated rings. The summed E-state index contributed by atoms with van der Waals surface area (Å²) in [6.45, 7) is 4.40. The molecule has 2 rings (SSSR count). The molecule has 3 heteroatoms. The normalized spacial score (nSPS) is 20.1. The first-order chi connectivity index (χ1) is 12.7. The first-order valence-electron chi connectivity index (χ1n) is 10.9. The van der Waals surface area contributed by atoms with Gasteiger partial charge in [-0.15, -0.1) is 0 Å². The molecule has 1 aliphatic carbocycles. The van der Waals surface area contributed by atoms with Crippen molar-refractivity contribution in [3.8, 4) is 5.75 Å². The molecule has 1 aromatic heterocycles. The van der Waals surface area contributed by atoms with Gasteiger partial charge in [-0.2, -0.15) is 0 Å². The highest BCUT2D eigenvalue weighted by atomic mass is 16.5. The molecule has 26 heavy (non-hydrogen) atoms. The Labute approximate surface area is 159 Å². The number of aryl methyl sites for hydroxylation is 1. The molecule has 1 aromatic rings. The predicted molar refractivity (Wildman–Crippen MR) is 107 cm³/mol. The summed E-state index contributed by atoms with van der Waals surface area (Å²) in [6.07, 6.45) is 17.6. The quantitative estimate of drug-likeness (QED) is 0.334. The van der Waals surface area contributed by atoms with Crippen LogP contribution in [0.2, 0.25) is 0 Å². The molecule has 3 nitrogen and oxygen atoms in total. The third kappa shape index (κ3) is 7.47. The van der Waals surface area contributed by atoms with Crippen LogP contribution in [0.15, 0.2) is 18.3 Å². The van der Waals surface area contributed by atoms with Crippen LogP contribution in [-0.4, -0.2) is 11.0 Å². The molecule has 0 aromatic carbocycles. The first kappa shape index (κ1) is 20.9. The minimum Gasteiger partial charge on any atom is -0.425 e. The summed E-state index contributed by atoms with van der Waals surface area (Å²) in [5, 5.41) is 0. The lowest BCUT2D eigenvalue weighted by Crippen LogP contribution is -2.25. The summed E-state index contributed by atoms with van der Waals surface area (Å²) in [6, 6.07) is 3.84. The van der Waals surface area contributed by atoms with Crippen molar-refractivity contribution in [1.82, 2.24) is 4.98 Å². The van der Waals surface area contributed by atoms with E-state index < -0.39 is 0 Å². The van der Waals surface area contributed by atoms with Crippen LogP contribution in [0.4, 0.5) is 0 Å². The van der Waals surface area contributed by atoms with Gasteiger partial charge in [-0.05, 0) is 50.2 Å². The van der Waals surface area contributed by atoms with Crippen LogP contribution in [0, 0.1) is 11.8 Å². The van der Waals surface area contributed by atoms with Crippen molar-refractivity contribution in [3.63, 3.8) is 0 Å². The second kappa shape index (κ2) is 12.1. The zero-order chi connectivity index (χ0) is 18.6. The van der Waals surface area contributed by atoms with Gasteiger partial charge in [0.1, 0.15) is 5.75 Å². The Bertz CT molecular complexity index is 503. The Hall–Kier alpha value is -1.38. The molecule has 0 unspecified atom stereocenters. The third-order valence-electron chi connectivity index (χ3n) is 5.67. The van der Waals surface area contributed by atoms with Gasteiger partial charge in [0.05, 0.1) is 12.1 Å². The molecular weight excluding hydrogens is 322 g/mol. The maximum Gasteiger partial charge on any atom is 0.314 e. The van der Waals surface area contributed by atoms with Crippen LogP contribution < -0.4 is 4.74 Å². The zero-order valence-corrected chi connectivity index (χ0v) is 16.8. The molecule has 0 atom stereocenters. The monoisotopic (exact) mass is 359 g/mol. The Balaban J connectivity index is 1.63. The summed E-state index contributed by atoms with van der Waals surface area (Å²) in [5.74, 6) is 1.42. The number of nitrogens with zero attached hydrogens (tertiary/aromatic N) is 1. The van der Waals surface area contributed by atoms with E-state index in [1.807, 2.05) is 12.1 Å². The van der Waals surface area contributed by atoms with Crippen molar-refractivity contribution < 1.29 is 9.53 Å². The minimum absolute atomic E-state index is 0.0620. The van der Waals surface area contributed by atoms with Crippen molar-refractivity contribution in [2.24, 2.45) is 11.8 Å². The number of ether oxygens (including phenoxy) is 1. The molecule has 146 valence electrons. The highest BCUT2D eigenvalue weighted by molar-refractivity contribution is 5.75. The smallest absolute Gasteiger partial charge is 0.314 e. The molecule has 0 aliphatic heterocycles. The molecule has 0 N–H and O–H groups in total. The van der Waals surface area contributed by atoms with E-state index in [0.29, 0.717) is 5.75 Å². The molecule has 0 spiro atoms. The molecular formula is C23H37NO2. The van der Waals surface area contributed by atoms with E-state index in [4.69, 9.17) is 4.74 Å². The zero-order valence-electron chi connectivity index (χ0n) is 16.8. The van der Waals surface area contributed by atoms with Crippen LogP contribution in [0.5, 0.6) is 5.75 Å². The van der Waals surface area contributed by atoms with Gasteiger partial charge < -0.3 is 4.74 Å². The van der Waals surface area contributed by atoms with E-state index >= 15 is 0 Å². The Morgan fingerprint density at radius 2 is 1.73 bits per heavy atom. The maximum atomic E-state index is 12.4. The Morgan fingerprint density at radius 1 is 1.00 bits per heavy atom. The van der Waals surface area contributed by atoms with E-state index in [1.54, 1.807) is 6.20 Å². The summed E-state index contributed by atoms with van der Waals surface area (Å²) in [4.78, 5) is 16.8. The van der Waals surface area contributed by atoms with Crippen LogP contribution in [-0.2, 0) is 11.2 Å². The first-order valence-corrected chi connectivity index (χ1v) is 10.9. The topological polar surface area (TPSA) is 39.2 Å². The van der Waals surface area contributed by atoms with Gasteiger partial charge in [-0.25, -0.2) is 0 Å². The highest BCUT2D eigenvalue weighted by Gasteiger charge is 2.27. The molecule has 1 heterocycles. The number of rotatable bonds is 11. The number of esters is 1. The fourth-order valence-electron chi connectivity index (χ4n) is 3.97. The van der Waals surface area contributed by atoms with Crippen LogP contribution >= 0.6 is 0 Å². The Morgan fingerprint density at radius 3 is 2.38 bits per heavy atom. The lowest BCUT2D eigenvalue weighted by Gasteiger charge is -2.27. The van der Waals surface area contributed by atoms with Gasteiger partial charge in [0.2, 0.25) is 0 Å². The SMILES string of the molecule is CCCCCCCCC1CCC(C(=O)Oc2ccc(CCC)nc2)CC1. The van der Waals surface area contributed by atoms with Gasteiger partial charge in [-0.3, -0.25) is 9.78 Å². The second-order valence-corrected chi connectivity index (χ2v) is 7.93. The minimum atomic E-state index is -0.0620. The van der Waals surface area contributed by atoms with Crippen molar-refractivity contribution in [2.45, 2.75) is 97.3 Å². The summed E-state index contributed by atoms with van der Waals surface area (Å²) >= 11 is 0. The lowest BCUT2D eigenvalue weighted by molar-refractivity contribution is -0.140. The van der Waals surface area contributed by atoms with Crippen molar-refractivity contribution >= 4 is 5.97 Å². The third-order valence-corrected chi connectivity index (χ3v) is 5.67. The number of carbonyl (C=O) groups is 1. The van der Waals surface area contributed by atoms with Gasteiger partial charge in [0, 0.05) is 5.69 Å². The molecule has 0 bridgehead atoms. The van der Waals surface area contributed by atoms with Crippen LogP contribution in [0.1, 0.15) is 96.6 Å². The number of unbranched alkanes of at least 4 members (excludes halogenated alkanes) is 5. The fraction of sp³-hybridized carbons (Fsp3) is 0.739. The number of hydrogen-bond acceptors (Lipinski definition) is 3. The van der Waals surface area contributed by atoms with E-state index in [2.05, 4.69) is 18.8 Å². The molecule has 0 amide bonds. The fourth-order valence-corrected chi connectivity index (χ4v) is 3.97. The molecule has 1 saturated carbocycles. The average molecular weight is 360 g/mol. The predicted octanol–water partition coefficient (Wildman–Crippen LogP) is 6.50. The van der Waals surface area contributed by atoms with Crippen molar-refractivity contribution in [2.75, 3.05) is 0 Å². The summed E-state index contributed by atoms with van der Waals surface area (Å²) in [7, 11) is 0. The summed E-state index contributed by atoms with van der Waals surface area (Å²) < 4.78 is 5.56. The van der Waals surface area contributed by atoms with Gasteiger partial charge >= 0.3 is 5.97 Å². The van der Waals surface area contributed by atoms with Crippen molar-refractivity contribution in [1.29, 1.82) is 0 Å². The number of aromatic nitrogens is 1. The highest BCUT2D eigenvalue weighted by Crippen LogP contribution is 2.33. The average Bonchev–Trinajstić information content (AvgIpc) is 2.67. The number of pyridine rings is 1. The number of hydrogen-bond donors (Lipinski definition) is 0. The molecule has 0 saturated heterocycles. The van der Waals surface area contributed by atoms with Crippen LogP contribution in [0.25, 0.3) is 0 Å². The van der Waals surface area contributed by atoms with Gasteiger partial charge in [-0.1, -0.05) is 65.2 Å². The lowest BCUT2D eigenvalue weighted by atomic mass is 9.80. The largest absolute Gasteiger partial charge is 0.425 e. The standard InChI is InChI=1S/C23H37NO2/c1-3-5-6-7-8-9-11-19-12-14-20(15-13-19)23(25)26-22-17-16-21(10-4-2)24-18-22/h16-20H,3-15H2,1-2H3. The van der Waals surface area contributed by atoms with E-state index in [1.165, 1.54) is 57.8 Å². The summed E-state index contributed by atoms with van der Waals surface area (Å²) in [5.41, 5.74) is 1.06. The van der Waals surface area contributed by atoms with Crippen molar-refractivity contribution in [3.05, 3.63) is 24.0 Å². The molecule has 1 aliphatic rings. The second-order valence-electron chi connectivity index (χ2n) is 7.93. The van der Waals surface area contributed by atoms with Gasteiger partial charge in [0.15, 0.2) is 0 Å². The van der Waals surface area contributed by atoms with E-state index in [-0.39, 0.29) is 11.9 Å². The van der Waals surface area contributed by atoms with E-state index in [0.717, 1.165) is 37.3 Å². The van der Waals surface area contributed by atoms with E-state index in [9.17, 15) is 4.79 Å².